The van der Waals surface area contributed by atoms with E-state index in [0.717, 1.165) is 0 Å². The summed E-state index contributed by atoms with van der Waals surface area (Å²) < 4.78 is 93.5. The van der Waals surface area contributed by atoms with Crippen molar-refractivity contribution in [3.05, 3.63) is 88.6 Å². The van der Waals surface area contributed by atoms with Crippen molar-refractivity contribution in [2.24, 2.45) is 5.10 Å². The Labute approximate surface area is 236 Å². The molecule has 1 heterocycles. The van der Waals surface area contributed by atoms with E-state index in [4.69, 9.17) is 40.3 Å². The third-order valence-electron chi connectivity index (χ3n) is 2.95. The van der Waals surface area contributed by atoms with Crippen molar-refractivity contribution >= 4 is 76.5 Å². The predicted octanol–water partition coefficient (Wildman–Crippen LogP) is 5.42. The number of rotatable bonds is 0. The highest BCUT2D eigenvalue weighted by molar-refractivity contribution is 9.26. The maximum Gasteiger partial charge on any atom is 0.273 e. The smallest absolute Gasteiger partial charge is 0.273 e. The second-order valence-electron chi connectivity index (χ2n) is 5.38. The molecule has 10 heteroatoms. The number of hydrogen-bond acceptors (Lipinski definition) is 6. The Bertz CT molecular complexity index is 1480. The number of para-hydroxylation sites is 1. The zero-order chi connectivity index (χ0) is 36.2. The molecule has 0 bridgehead atoms. The first-order valence-electron chi connectivity index (χ1n) is 14.8. The van der Waals surface area contributed by atoms with Gasteiger partial charge in [0.2, 0.25) is 0 Å². The van der Waals surface area contributed by atoms with Crippen LogP contribution in [0.4, 0.5) is 17.1 Å². The van der Waals surface area contributed by atoms with Crippen LogP contribution in [0, 0.1) is 11.3 Å². The van der Waals surface area contributed by atoms with E-state index >= 15 is 0 Å². The largest absolute Gasteiger partial charge is 0.399 e. The van der Waals surface area contributed by atoms with Crippen LogP contribution in [0.25, 0.3) is 0 Å². The monoisotopic (exact) mass is 649 g/mol. The molecule has 0 aromatic heterocycles. The molecule has 0 saturated heterocycles. The average Bonchev–Trinajstić information content (AvgIpc) is 3.27. The fourth-order valence-corrected chi connectivity index (χ4v) is 1.94. The number of hydrogen-bond donors (Lipinski definition) is 4. The Morgan fingerprint density at radius 1 is 0.909 bits per heavy atom. The predicted molar refractivity (Wildman–Crippen MR) is 147 cm³/mol. The quantitative estimate of drug-likeness (QED) is 0.190. The molecule has 33 heavy (non-hydrogen) atoms. The van der Waals surface area contributed by atoms with Gasteiger partial charge in [-0.05, 0) is 67.3 Å². The van der Waals surface area contributed by atoms with E-state index in [1.807, 2.05) is 0 Å². The number of amides is 1. The van der Waals surface area contributed by atoms with E-state index in [0.29, 0.717) is 5.71 Å². The minimum atomic E-state index is -0.764. The van der Waals surface area contributed by atoms with Crippen molar-refractivity contribution in [1.82, 2.24) is 5.43 Å². The first kappa shape index (κ1) is 13.7. The minimum Gasteiger partial charge on any atom is -0.399 e. The Hall–Kier alpha value is -2.87. The first-order chi connectivity index (χ1) is 21.0. The zero-order valence-corrected chi connectivity index (χ0v) is 21.4. The number of nitrogens with zero attached hydrogens (tertiary/aromatic N) is 2. The molecule has 0 unspecified atom stereocenters. The fourth-order valence-electron chi connectivity index (χ4n) is 1.38. The van der Waals surface area contributed by atoms with Crippen molar-refractivity contribution in [2.45, 2.75) is 10.2 Å². The van der Waals surface area contributed by atoms with E-state index in [1.165, 1.54) is 0 Å². The summed E-state index contributed by atoms with van der Waals surface area (Å²) in [4.78, 5) is 10.8. The molecule has 3 aromatic carbocycles. The number of alkyl halides is 2. The van der Waals surface area contributed by atoms with Gasteiger partial charge in [0.15, 0.2) is 3.23 Å². The molecule has 0 spiro atoms. The number of hydrazone groups is 1. The van der Waals surface area contributed by atoms with Gasteiger partial charge < -0.3 is 17.2 Å². The Morgan fingerprint density at radius 3 is 1.73 bits per heavy atom. The van der Waals surface area contributed by atoms with Crippen molar-refractivity contribution < 1.29 is 22.6 Å². The molecule has 0 atom stereocenters. The van der Waals surface area contributed by atoms with Gasteiger partial charge in [-0.3, -0.25) is 4.79 Å². The maximum atomic E-state index is 10.8. The lowest BCUT2D eigenvalue weighted by atomic mass is 10.2. The van der Waals surface area contributed by atoms with Gasteiger partial charge in [0, 0.05) is 21.5 Å². The molecule has 3 aromatic rings. The molecule has 1 aliphatic rings. The number of nitriles is 1. The number of halogens is 3. The highest BCUT2D eigenvalue weighted by Crippen LogP contribution is 2.30. The van der Waals surface area contributed by atoms with Crippen LogP contribution in [0.1, 0.15) is 30.3 Å². The van der Waals surface area contributed by atoms with Crippen LogP contribution < -0.4 is 22.6 Å². The molecule has 172 valence electrons. The fraction of sp³-hybridized carbons (Fsp3) is 0.0870. The number of carbonyl (C=O) groups is 1. The van der Waals surface area contributed by atoms with Crippen LogP contribution >= 0.6 is 47.8 Å². The number of anilines is 3. The number of benzene rings is 3. The molecule has 4 rings (SSSR count). The molecule has 1 amide bonds. The van der Waals surface area contributed by atoms with Gasteiger partial charge in [0.1, 0.15) is 0 Å². The number of nitrogen functional groups attached to an aromatic ring is 3. The van der Waals surface area contributed by atoms with E-state index < -0.39 is 21.4 Å². The summed E-state index contributed by atoms with van der Waals surface area (Å²) in [5.41, 5.74) is 18.0. The molecular formula is C23H23Br3N6O. The Morgan fingerprint density at radius 2 is 1.36 bits per heavy atom. The summed E-state index contributed by atoms with van der Waals surface area (Å²) in [7, 11) is 0. The summed E-state index contributed by atoms with van der Waals surface area (Å²) in [6, 6.07) is -2.50. The second-order valence-corrected chi connectivity index (χ2v) is 9.62. The van der Waals surface area contributed by atoms with Crippen molar-refractivity contribution in [2.75, 3.05) is 17.2 Å². The average molecular weight is 652 g/mol. The summed E-state index contributed by atoms with van der Waals surface area (Å²) in [6.45, 7) is 1.75. The van der Waals surface area contributed by atoms with Crippen molar-refractivity contribution in [3.63, 3.8) is 0 Å². The topological polar surface area (TPSA) is 143 Å². The summed E-state index contributed by atoms with van der Waals surface area (Å²) in [5.74, 6) is -0.181. The van der Waals surface area contributed by atoms with E-state index in [-0.39, 0.29) is 93.4 Å². The Kier molecular flexibility index (Phi) is 5.96. The molecular weight excluding hydrogens is 616 g/mol. The van der Waals surface area contributed by atoms with Gasteiger partial charge in [0.05, 0.1) is 35.2 Å². The molecule has 0 radical (unpaired) electrons. The summed E-state index contributed by atoms with van der Waals surface area (Å²) >= 11 is 9.24. The number of nitrogens with two attached hydrogens (primary N) is 3. The van der Waals surface area contributed by atoms with Gasteiger partial charge in [-0.2, -0.15) is 10.4 Å². The molecule has 7 nitrogen and oxygen atoms in total. The molecule has 0 aliphatic carbocycles. The van der Waals surface area contributed by atoms with Crippen molar-refractivity contribution in [1.29, 1.82) is 5.26 Å². The van der Waals surface area contributed by atoms with Crippen LogP contribution in [-0.2, 0) is 4.79 Å². The summed E-state index contributed by atoms with van der Waals surface area (Å²) in [6.07, 6.45) is 0. The van der Waals surface area contributed by atoms with Crippen LogP contribution in [0.5, 0.6) is 0 Å². The van der Waals surface area contributed by atoms with E-state index in [9.17, 15) is 4.79 Å². The third-order valence-corrected chi connectivity index (χ3v) is 5.22. The van der Waals surface area contributed by atoms with E-state index in [1.54, 1.807) is 13.0 Å². The zero-order valence-electron chi connectivity index (χ0n) is 29.7. The van der Waals surface area contributed by atoms with Crippen LogP contribution in [-0.4, -0.2) is 14.9 Å². The SMILES string of the molecule is CC1=NNC(=O)C1(Br)Br.[2H]c1c([2H])c(Br)c([2H])c([2H])c1N.[2H]c1c([2H])c(C#N)c([2H])c([2H])c1N.[2H]c1c([2H])c([2H])c(N)c([2H])c1[2H]. The molecule has 0 saturated carbocycles. The standard InChI is InChI=1S/C7H6N2.C6H6BrN.C6H7N.C4H4Br2N2O/c8-5-6-1-3-7(9)4-2-6;7-5-1-3-6(8)4-2-5;7-6-4-2-1-3-5-6;1-2-4(5,6)3(9)8-7-2/h1-4H,9H2;1-4H,8H2;1-5H,7H2;1H3,(H,8,9)/i2*1D,2D,3D,4D;1D,2D,3D,4D,5D;. The molecule has 7 N–H and O–H groups in total. The van der Waals surface area contributed by atoms with Crippen LogP contribution in [0.3, 0.4) is 0 Å². The van der Waals surface area contributed by atoms with Gasteiger partial charge in [-0.25, -0.2) is 5.43 Å². The normalized spacial score (nSPS) is 18.2. The lowest BCUT2D eigenvalue weighted by Gasteiger charge is -2.07. The van der Waals surface area contributed by atoms with Gasteiger partial charge in [-0.1, -0.05) is 65.9 Å². The van der Waals surface area contributed by atoms with Gasteiger partial charge in [0.25, 0.3) is 5.91 Å². The highest BCUT2D eigenvalue weighted by atomic mass is 79.9. The minimum absolute atomic E-state index is 0.117. The summed E-state index contributed by atoms with van der Waals surface area (Å²) in [5, 5.41) is 12.2. The lowest BCUT2D eigenvalue weighted by Crippen LogP contribution is -2.31. The Balaban J connectivity index is 0.000000309. The van der Waals surface area contributed by atoms with Gasteiger partial charge in [-0.15, -0.1) is 0 Å². The van der Waals surface area contributed by atoms with Crippen molar-refractivity contribution in [3.8, 4) is 6.07 Å². The third kappa shape index (κ3) is 11.0. The lowest BCUT2D eigenvalue weighted by molar-refractivity contribution is -0.119. The van der Waals surface area contributed by atoms with Crippen LogP contribution in [0.15, 0.2) is 88.1 Å². The van der Waals surface area contributed by atoms with Crippen LogP contribution in [0.2, 0.25) is 0 Å². The second kappa shape index (κ2) is 14.3. The number of carbonyl (C=O) groups excluding carboxylic acids is 1. The molecule has 0 fully saturated rings. The maximum absolute atomic E-state index is 10.8. The molecule has 1 aliphatic heterocycles. The number of nitrogens with one attached hydrogen (secondary N) is 1. The highest BCUT2D eigenvalue weighted by Gasteiger charge is 2.40. The van der Waals surface area contributed by atoms with E-state index in [2.05, 4.69) is 58.3 Å². The van der Waals surface area contributed by atoms with Gasteiger partial charge >= 0.3 is 0 Å². The first-order valence-corrected chi connectivity index (χ1v) is 10.7.